The summed E-state index contributed by atoms with van der Waals surface area (Å²) in [5, 5.41) is 10.5. The first-order valence-corrected chi connectivity index (χ1v) is 8.65. The standard InChI is InChI=1S/C12H19NO5S2/c1-3-4-6-18-7-5-13-20(16,17)11-9(2)8-19-10(11)12(14)15/h8,13H,3-7H2,1-2H3,(H,14,15). The summed E-state index contributed by atoms with van der Waals surface area (Å²) in [6, 6.07) is 0. The van der Waals surface area contributed by atoms with E-state index in [1.807, 2.05) is 6.92 Å². The zero-order valence-corrected chi connectivity index (χ0v) is 13.1. The van der Waals surface area contributed by atoms with E-state index < -0.39 is 16.0 Å². The fourth-order valence-electron chi connectivity index (χ4n) is 1.58. The Morgan fingerprint density at radius 2 is 2.15 bits per heavy atom. The molecule has 0 aliphatic rings. The number of ether oxygens (including phenoxy) is 1. The van der Waals surface area contributed by atoms with Crippen LogP contribution in [0.25, 0.3) is 0 Å². The molecule has 1 aromatic rings. The number of hydrogen-bond donors (Lipinski definition) is 2. The van der Waals surface area contributed by atoms with E-state index in [0.29, 0.717) is 12.2 Å². The molecule has 0 radical (unpaired) electrons. The predicted octanol–water partition coefficient (Wildman–Crippen LogP) is 1.85. The molecule has 0 aromatic carbocycles. The Hall–Kier alpha value is -0.960. The zero-order chi connectivity index (χ0) is 15.2. The van der Waals surface area contributed by atoms with Crippen LogP contribution in [0.3, 0.4) is 0 Å². The van der Waals surface area contributed by atoms with Crippen molar-refractivity contribution < 1.29 is 23.1 Å². The van der Waals surface area contributed by atoms with Crippen molar-refractivity contribution in [2.24, 2.45) is 0 Å². The number of rotatable bonds is 9. The molecular formula is C12H19NO5S2. The van der Waals surface area contributed by atoms with Gasteiger partial charge in [0.2, 0.25) is 10.0 Å². The Morgan fingerprint density at radius 1 is 1.45 bits per heavy atom. The average Bonchev–Trinajstić information content (AvgIpc) is 2.76. The molecular weight excluding hydrogens is 302 g/mol. The van der Waals surface area contributed by atoms with Crippen LogP contribution in [0, 0.1) is 6.92 Å². The minimum atomic E-state index is -3.82. The quantitative estimate of drug-likeness (QED) is 0.677. The van der Waals surface area contributed by atoms with Crippen LogP contribution in [-0.2, 0) is 14.8 Å². The molecule has 0 saturated heterocycles. The van der Waals surface area contributed by atoms with Gasteiger partial charge >= 0.3 is 5.97 Å². The third-order valence-corrected chi connectivity index (χ3v) is 5.42. The van der Waals surface area contributed by atoms with Crippen LogP contribution < -0.4 is 4.72 Å². The third kappa shape index (κ3) is 4.55. The molecule has 1 rings (SSSR count). The minimum absolute atomic E-state index is 0.125. The fourth-order valence-corrected chi connectivity index (χ4v) is 4.22. The lowest BCUT2D eigenvalue weighted by Crippen LogP contribution is -2.28. The van der Waals surface area contributed by atoms with Crippen LogP contribution in [0.2, 0.25) is 0 Å². The molecule has 1 aromatic heterocycles. The first-order chi connectivity index (χ1) is 9.40. The van der Waals surface area contributed by atoms with Gasteiger partial charge in [-0.1, -0.05) is 13.3 Å². The Bertz CT molecular complexity index is 550. The Kier molecular flexibility index (Phi) is 6.60. The average molecular weight is 321 g/mol. The van der Waals surface area contributed by atoms with E-state index in [1.165, 1.54) is 5.38 Å². The van der Waals surface area contributed by atoms with E-state index in [4.69, 9.17) is 9.84 Å². The van der Waals surface area contributed by atoms with Crippen molar-refractivity contribution in [2.45, 2.75) is 31.6 Å². The molecule has 114 valence electrons. The molecule has 0 spiro atoms. The Balaban J connectivity index is 2.65. The van der Waals surface area contributed by atoms with Crippen molar-refractivity contribution in [3.05, 3.63) is 15.8 Å². The van der Waals surface area contributed by atoms with Gasteiger partial charge in [-0.05, 0) is 24.3 Å². The highest BCUT2D eigenvalue weighted by Gasteiger charge is 2.26. The van der Waals surface area contributed by atoms with Gasteiger partial charge < -0.3 is 9.84 Å². The van der Waals surface area contributed by atoms with Crippen molar-refractivity contribution in [1.82, 2.24) is 4.72 Å². The van der Waals surface area contributed by atoms with Crippen molar-refractivity contribution in [2.75, 3.05) is 19.8 Å². The normalized spacial score (nSPS) is 11.7. The smallest absolute Gasteiger partial charge is 0.347 e. The molecule has 0 atom stereocenters. The first kappa shape index (κ1) is 17.1. The van der Waals surface area contributed by atoms with Gasteiger partial charge in [-0.15, -0.1) is 11.3 Å². The number of carboxylic acids is 1. The zero-order valence-electron chi connectivity index (χ0n) is 11.5. The molecule has 0 aliphatic heterocycles. The summed E-state index contributed by atoms with van der Waals surface area (Å²) in [5.74, 6) is -1.23. The Morgan fingerprint density at radius 3 is 2.75 bits per heavy atom. The summed E-state index contributed by atoms with van der Waals surface area (Å²) in [5.41, 5.74) is 0.437. The minimum Gasteiger partial charge on any atom is -0.477 e. The molecule has 0 amide bonds. The number of carboxylic acid groups (broad SMARTS) is 1. The molecule has 6 nitrogen and oxygen atoms in total. The highest BCUT2D eigenvalue weighted by Crippen LogP contribution is 2.26. The molecule has 20 heavy (non-hydrogen) atoms. The van der Waals surface area contributed by atoms with Crippen LogP contribution in [0.15, 0.2) is 10.3 Å². The van der Waals surface area contributed by atoms with Crippen molar-refractivity contribution in [1.29, 1.82) is 0 Å². The van der Waals surface area contributed by atoms with Gasteiger partial charge in [0, 0.05) is 13.2 Å². The molecule has 0 saturated carbocycles. The largest absolute Gasteiger partial charge is 0.477 e. The van der Waals surface area contributed by atoms with Gasteiger partial charge in [0.15, 0.2) is 0 Å². The number of thiophene rings is 1. The summed E-state index contributed by atoms with van der Waals surface area (Å²) >= 11 is 0.911. The lowest BCUT2D eigenvalue weighted by molar-refractivity contribution is 0.0698. The van der Waals surface area contributed by atoms with E-state index in [0.717, 1.165) is 24.2 Å². The topological polar surface area (TPSA) is 92.7 Å². The van der Waals surface area contributed by atoms with Crippen LogP contribution in [0.5, 0.6) is 0 Å². The second-order valence-corrected chi connectivity index (χ2v) is 6.83. The maximum Gasteiger partial charge on any atom is 0.347 e. The first-order valence-electron chi connectivity index (χ1n) is 6.29. The molecule has 0 aliphatic carbocycles. The number of aryl methyl sites for hydroxylation is 1. The van der Waals surface area contributed by atoms with Gasteiger partial charge in [0.25, 0.3) is 0 Å². The maximum atomic E-state index is 12.1. The summed E-state index contributed by atoms with van der Waals surface area (Å²) in [7, 11) is -3.82. The summed E-state index contributed by atoms with van der Waals surface area (Å²) in [6.45, 7) is 4.61. The lowest BCUT2D eigenvalue weighted by atomic mass is 10.3. The summed E-state index contributed by atoms with van der Waals surface area (Å²) < 4.78 is 31.8. The van der Waals surface area contributed by atoms with Crippen molar-refractivity contribution >= 4 is 27.3 Å². The monoisotopic (exact) mass is 321 g/mol. The number of unbranched alkanes of at least 4 members (excludes halogenated alkanes) is 1. The van der Waals surface area contributed by atoms with Crippen LogP contribution >= 0.6 is 11.3 Å². The second-order valence-electron chi connectivity index (χ2n) is 4.25. The highest BCUT2D eigenvalue weighted by atomic mass is 32.2. The summed E-state index contributed by atoms with van der Waals surface area (Å²) in [4.78, 5) is 10.7. The molecule has 0 fully saturated rings. The van der Waals surface area contributed by atoms with Gasteiger partial charge in [0.05, 0.1) is 6.61 Å². The third-order valence-electron chi connectivity index (χ3n) is 2.56. The van der Waals surface area contributed by atoms with E-state index in [-0.39, 0.29) is 22.9 Å². The van der Waals surface area contributed by atoms with Gasteiger partial charge in [-0.2, -0.15) is 0 Å². The van der Waals surface area contributed by atoms with Gasteiger partial charge in [-0.25, -0.2) is 17.9 Å². The summed E-state index contributed by atoms with van der Waals surface area (Å²) in [6.07, 6.45) is 1.95. The van der Waals surface area contributed by atoms with Crippen molar-refractivity contribution in [3.8, 4) is 0 Å². The van der Waals surface area contributed by atoms with Gasteiger partial charge in [-0.3, -0.25) is 0 Å². The van der Waals surface area contributed by atoms with Crippen LogP contribution in [0.4, 0.5) is 0 Å². The van der Waals surface area contributed by atoms with E-state index >= 15 is 0 Å². The molecule has 0 bridgehead atoms. The number of nitrogens with one attached hydrogen (secondary N) is 1. The number of sulfonamides is 1. The van der Waals surface area contributed by atoms with Crippen LogP contribution in [-0.4, -0.2) is 39.3 Å². The highest BCUT2D eigenvalue weighted by molar-refractivity contribution is 7.89. The second kappa shape index (κ2) is 7.72. The fraction of sp³-hybridized carbons (Fsp3) is 0.583. The van der Waals surface area contributed by atoms with E-state index in [1.54, 1.807) is 6.92 Å². The number of carbonyl (C=O) groups is 1. The van der Waals surface area contributed by atoms with Crippen LogP contribution in [0.1, 0.15) is 35.0 Å². The molecule has 1 heterocycles. The SMILES string of the molecule is CCCCOCCNS(=O)(=O)c1c(C)csc1C(=O)O. The lowest BCUT2D eigenvalue weighted by Gasteiger charge is -2.08. The van der Waals surface area contributed by atoms with Crippen molar-refractivity contribution in [3.63, 3.8) is 0 Å². The molecule has 0 unspecified atom stereocenters. The maximum absolute atomic E-state index is 12.1. The van der Waals surface area contributed by atoms with E-state index in [9.17, 15) is 13.2 Å². The number of hydrogen-bond acceptors (Lipinski definition) is 5. The molecule has 8 heteroatoms. The Labute approximate surface area is 122 Å². The van der Waals surface area contributed by atoms with Gasteiger partial charge in [0.1, 0.15) is 9.77 Å². The van der Waals surface area contributed by atoms with E-state index in [2.05, 4.69) is 4.72 Å². The number of aromatic carboxylic acids is 1. The molecule has 2 N–H and O–H groups in total. The predicted molar refractivity (Wildman–Crippen MR) is 76.9 cm³/mol.